The van der Waals surface area contributed by atoms with Gasteiger partial charge in [-0.25, -0.2) is 9.79 Å². The van der Waals surface area contributed by atoms with Crippen molar-refractivity contribution in [3.05, 3.63) is 29.3 Å². The van der Waals surface area contributed by atoms with E-state index in [4.69, 9.17) is 5.73 Å². The van der Waals surface area contributed by atoms with E-state index in [2.05, 4.69) is 10.3 Å². The fourth-order valence-corrected chi connectivity index (χ4v) is 1.99. The lowest BCUT2D eigenvalue weighted by atomic mass is 10.1. The first-order chi connectivity index (χ1) is 9.49. The third-order valence-corrected chi connectivity index (χ3v) is 3.07. The Labute approximate surface area is 120 Å². The molecule has 0 atom stereocenters. The summed E-state index contributed by atoms with van der Waals surface area (Å²) in [6, 6.07) is 5.70. The third kappa shape index (κ3) is 4.26. The summed E-state index contributed by atoms with van der Waals surface area (Å²) in [5, 5.41) is 2.63. The smallest absolute Gasteiger partial charge is 0.324 e. The number of carbonyl (C=O) groups excluding carboxylic acids is 1. The highest BCUT2D eigenvalue weighted by Crippen LogP contribution is 2.22. The molecule has 3 N–H and O–H groups in total. The van der Waals surface area contributed by atoms with Crippen molar-refractivity contribution in [2.75, 3.05) is 13.1 Å². The molecule has 1 aromatic rings. The fraction of sp³-hybridized carbons (Fsp3) is 0.467. The topological polar surface area (TPSA) is 70.7 Å². The summed E-state index contributed by atoms with van der Waals surface area (Å²) in [6.07, 6.45) is 0.912. The van der Waals surface area contributed by atoms with Crippen LogP contribution < -0.4 is 11.1 Å². The largest absolute Gasteiger partial charge is 0.369 e. The van der Waals surface area contributed by atoms with Crippen LogP contribution in [0.25, 0.3) is 0 Å². The van der Waals surface area contributed by atoms with Crippen molar-refractivity contribution in [2.45, 2.75) is 34.1 Å². The summed E-state index contributed by atoms with van der Waals surface area (Å²) in [5.74, 6) is 0.127. The number of benzene rings is 1. The molecule has 0 spiro atoms. The van der Waals surface area contributed by atoms with Crippen molar-refractivity contribution in [1.29, 1.82) is 0 Å². The number of aryl methyl sites for hydroxylation is 2. The molecule has 0 aliphatic carbocycles. The lowest BCUT2D eigenvalue weighted by molar-refractivity contribution is 0.206. The molecule has 0 radical (unpaired) electrons. The molecule has 0 fully saturated rings. The first-order valence-corrected chi connectivity index (χ1v) is 6.95. The molecule has 110 valence electrons. The predicted molar refractivity (Wildman–Crippen MR) is 83.3 cm³/mol. The minimum Gasteiger partial charge on any atom is -0.369 e. The van der Waals surface area contributed by atoms with Crippen LogP contribution >= 0.6 is 0 Å². The van der Waals surface area contributed by atoms with Crippen LogP contribution in [-0.4, -0.2) is 30.0 Å². The van der Waals surface area contributed by atoms with Gasteiger partial charge in [0.15, 0.2) is 0 Å². The van der Waals surface area contributed by atoms with E-state index in [0.29, 0.717) is 13.1 Å². The van der Waals surface area contributed by atoms with Gasteiger partial charge in [0.1, 0.15) is 0 Å². The maximum atomic E-state index is 12.0. The van der Waals surface area contributed by atoms with E-state index in [1.807, 2.05) is 45.9 Å². The number of hydrogen-bond donors (Lipinski definition) is 2. The highest BCUT2D eigenvalue weighted by atomic mass is 16.2. The first kappa shape index (κ1) is 16.0. The van der Waals surface area contributed by atoms with Gasteiger partial charge in [0.25, 0.3) is 0 Å². The number of nitrogens with one attached hydrogen (secondary N) is 1. The second-order valence-electron chi connectivity index (χ2n) is 4.75. The molecule has 0 saturated heterocycles. The second-order valence-corrected chi connectivity index (χ2v) is 4.75. The Kier molecular flexibility index (Phi) is 6.03. The molecule has 2 amide bonds. The zero-order chi connectivity index (χ0) is 15.1. The van der Waals surface area contributed by atoms with E-state index in [0.717, 1.165) is 23.2 Å². The SMILES string of the molecule is CCCN(CC)C(=O)NC(N)=Nc1c(C)cccc1C. The second kappa shape index (κ2) is 7.53. The van der Waals surface area contributed by atoms with Gasteiger partial charge < -0.3 is 10.6 Å². The van der Waals surface area contributed by atoms with Gasteiger partial charge in [0.2, 0.25) is 5.96 Å². The van der Waals surface area contributed by atoms with E-state index in [1.54, 1.807) is 4.90 Å². The van der Waals surface area contributed by atoms with Crippen LogP contribution in [0.1, 0.15) is 31.4 Å². The third-order valence-electron chi connectivity index (χ3n) is 3.07. The maximum absolute atomic E-state index is 12.0. The minimum absolute atomic E-state index is 0.127. The zero-order valence-corrected chi connectivity index (χ0v) is 12.7. The van der Waals surface area contributed by atoms with Gasteiger partial charge in [-0.05, 0) is 38.3 Å². The molecule has 0 bridgehead atoms. The monoisotopic (exact) mass is 276 g/mol. The molecule has 0 aliphatic heterocycles. The quantitative estimate of drug-likeness (QED) is 0.655. The molecule has 0 aromatic heterocycles. The number of urea groups is 1. The molecule has 0 saturated carbocycles. The lowest BCUT2D eigenvalue weighted by Gasteiger charge is -2.20. The van der Waals surface area contributed by atoms with E-state index in [9.17, 15) is 4.79 Å². The Balaban J connectivity index is 2.82. The summed E-state index contributed by atoms with van der Waals surface area (Å²) < 4.78 is 0. The van der Waals surface area contributed by atoms with Crippen molar-refractivity contribution in [1.82, 2.24) is 10.2 Å². The van der Waals surface area contributed by atoms with Gasteiger partial charge in [-0.3, -0.25) is 5.32 Å². The van der Waals surface area contributed by atoms with Gasteiger partial charge in [-0.15, -0.1) is 0 Å². The minimum atomic E-state index is -0.207. The molecule has 20 heavy (non-hydrogen) atoms. The first-order valence-electron chi connectivity index (χ1n) is 6.95. The molecule has 0 aliphatic rings. The van der Waals surface area contributed by atoms with Crippen LogP contribution in [0.4, 0.5) is 10.5 Å². The molecular formula is C15H24N4O. The molecule has 1 aromatic carbocycles. The predicted octanol–water partition coefficient (Wildman–Crippen LogP) is 2.69. The van der Waals surface area contributed by atoms with Gasteiger partial charge in [-0.1, -0.05) is 25.1 Å². The van der Waals surface area contributed by atoms with E-state index >= 15 is 0 Å². The van der Waals surface area contributed by atoms with Crippen molar-refractivity contribution in [2.24, 2.45) is 10.7 Å². The Morgan fingerprint density at radius 2 is 1.90 bits per heavy atom. The van der Waals surface area contributed by atoms with Crippen LogP contribution in [0, 0.1) is 13.8 Å². The van der Waals surface area contributed by atoms with Crippen LogP contribution in [-0.2, 0) is 0 Å². The van der Waals surface area contributed by atoms with Gasteiger partial charge >= 0.3 is 6.03 Å². The molecule has 5 heteroatoms. The number of rotatable bonds is 4. The number of carbonyl (C=O) groups is 1. The molecule has 1 rings (SSSR count). The molecule has 0 unspecified atom stereocenters. The number of nitrogens with zero attached hydrogens (tertiary/aromatic N) is 2. The summed E-state index contributed by atoms with van der Waals surface area (Å²) in [6.45, 7) is 9.26. The molecular weight excluding hydrogens is 252 g/mol. The number of para-hydroxylation sites is 1. The number of nitrogens with two attached hydrogens (primary N) is 1. The maximum Gasteiger partial charge on any atom is 0.324 e. The van der Waals surface area contributed by atoms with Crippen molar-refractivity contribution in [3.8, 4) is 0 Å². The van der Waals surface area contributed by atoms with Crippen molar-refractivity contribution >= 4 is 17.7 Å². The van der Waals surface area contributed by atoms with Crippen LogP contribution in [0.3, 0.4) is 0 Å². The normalized spacial score (nSPS) is 11.3. The average molecular weight is 276 g/mol. The van der Waals surface area contributed by atoms with Gasteiger partial charge in [0.05, 0.1) is 5.69 Å². The van der Waals surface area contributed by atoms with Crippen LogP contribution in [0.2, 0.25) is 0 Å². The number of guanidine groups is 1. The Morgan fingerprint density at radius 1 is 1.30 bits per heavy atom. The standard InChI is InChI=1S/C15H24N4O/c1-5-10-19(6-2)15(20)18-14(16)17-13-11(3)8-7-9-12(13)4/h7-9H,5-6,10H2,1-4H3,(H3,16,17,18,20). The molecule has 5 nitrogen and oxygen atoms in total. The number of amides is 2. The van der Waals surface area contributed by atoms with Gasteiger partial charge in [0, 0.05) is 13.1 Å². The van der Waals surface area contributed by atoms with Gasteiger partial charge in [-0.2, -0.15) is 0 Å². The average Bonchev–Trinajstić information content (AvgIpc) is 2.40. The summed E-state index contributed by atoms with van der Waals surface area (Å²) in [5.41, 5.74) is 8.69. The summed E-state index contributed by atoms with van der Waals surface area (Å²) >= 11 is 0. The Bertz CT molecular complexity index is 476. The summed E-state index contributed by atoms with van der Waals surface area (Å²) in [7, 11) is 0. The van der Waals surface area contributed by atoms with E-state index < -0.39 is 0 Å². The lowest BCUT2D eigenvalue weighted by Crippen LogP contribution is -2.46. The van der Waals surface area contributed by atoms with Crippen molar-refractivity contribution in [3.63, 3.8) is 0 Å². The van der Waals surface area contributed by atoms with E-state index in [1.165, 1.54) is 0 Å². The van der Waals surface area contributed by atoms with Crippen LogP contribution in [0.15, 0.2) is 23.2 Å². The van der Waals surface area contributed by atoms with Crippen LogP contribution in [0.5, 0.6) is 0 Å². The fourth-order valence-electron chi connectivity index (χ4n) is 1.99. The molecule has 0 heterocycles. The Morgan fingerprint density at radius 3 is 2.40 bits per heavy atom. The summed E-state index contributed by atoms with van der Waals surface area (Å²) in [4.78, 5) is 18.0. The highest BCUT2D eigenvalue weighted by Gasteiger charge is 2.11. The zero-order valence-electron chi connectivity index (χ0n) is 12.7. The number of aliphatic imine (C=N–C) groups is 1. The van der Waals surface area contributed by atoms with Crippen molar-refractivity contribution < 1.29 is 4.79 Å². The highest BCUT2D eigenvalue weighted by molar-refractivity contribution is 5.96. The number of hydrogen-bond acceptors (Lipinski definition) is 2. The van der Waals surface area contributed by atoms with E-state index in [-0.39, 0.29) is 12.0 Å². The Hall–Kier alpha value is -2.04.